The molecule has 0 bridgehead atoms. The third-order valence-electron chi connectivity index (χ3n) is 4.97. The number of nitrogens with one attached hydrogen (secondary N) is 1. The van der Waals surface area contributed by atoms with Crippen LogP contribution in [0.2, 0.25) is 0 Å². The van der Waals surface area contributed by atoms with E-state index in [4.69, 9.17) is 4.74 Å². The number of benzene rings is 2. The minimum Gasteiger partial charge on any atom is -0.497 e. The Bertz CT molecular complexity index is 1350. The van der Waals surface area contributed by atoms with Gasteiger partial charge in [-0.3, -0.25) is 18.7 Å². The summed E-state index contributed by atoms with van der Waals surface area (Å²) in [6.45, 7) is 1.88. The van der Waals surface area contributed by atoms with Gasteiger partial charge in [-0.05, 0) is 48.2 Å². The zero-order chi connectivity index (χ0) is 22.0. The Morgan fingerprint density at radius 1 is 1.00 bits per heavy atom. The average molecular weight is 436 g/mol. The first kappa shape index (κ1) is 20.6. The minimum atomic E-state index is -0.522. The Hall–Kier alpha value is -3.65. The van der Waals surface area contributed by atoms with Crippen LogP contribution in [-0.2, 0) is 17.9 Å². The summed E-state index contributed by atoms with van der Waals surface area (Å²) in [5, 5.41) is 4.55. The lowest BCUT2D eigenvalue weighted by Crippen LogP contribution is -2.41. The summed E-state index contributed by atoms with van der Waals surface area (Å²) in [7, 11) is 1.57. The summed E-state index contributed by atoms with van der Waals surface area (Å²) >= 11 is 1.26. The van der Waals surface area contributed by atoms with Crippen molar-refractivity contribution in [3.8, 4) is 5.75 Å². The van der Waals surface area contributed by atoms with E-state index in [0.29, 0.717) is 21.7 Å². The number of hydrogen-bond acceptors (Lipinski definition) is 5. The molecule has 1 N–H and O–H groups in total. The summed E-state index contributed by atoms with van der Waals surface area (Å²) < 4.78 is 8.11. The van der Waals surface area contributed by atoms with Crippen LogP contribution in [0, 0.1) is 6.92 Å². The third kappa shape index (κ3) is 4.29. The second-order valence-corrected chi connectivity index (χ2v) is 8.07. The highest BCUT2D eigenvalue weighted by molar-refractivity contribution is 7.17. The second kappa shape index (κ2) is 8.61. The normalized spacial score (nSPS) is 10.9. The number of aryl methyl sites for hydroxylation is 1. The zero-order valence-electron chi connectivity index (χ0n) is 17.1. The summed E-state index contributed by atoms with van der Waals surface area (Å²) in [6, 6.07) is 16.3. The van der Waals surface area contributed by atoms with Crippen LogP contribution in [0.3, 0.4) is 0 Å². The van der Waals surface area contributed by atoms with Crippen LogP contribution in [0.15, 0.2) is 69.6 Å². The Morgan fingerprint density at radius 2 is 1.71 bits per heavy atom. The highest BCUT2D eigenvalue weighted by Crippen LogP contribution is 2.17. The van der Waals surface area contributed by atoms with Crippen molar-refractivity contribution < 1.29 is 9.53 Å². The van der Waals surface area contributed by atoms with Crippen molar-refractivity contribution in [1.29, 1.82) is 0 Å². The van der Waals surface area contributed by atoms with E-state index < -0.39 is 5.69 Å². The van der Waals surface area contributed by atoms with Crippen LogP contribution < -0.4 is 21.3 Å². The summed E-state index contributed by atoms with van der Waals surface area (Å²) in [6.07, 6.45) is 0. The van der Waals surface area contributed by atoms with E-state index in [9.17, 15) is 14.4 Å². The number of nitrogens with zero attached hydrogens (tertiary/aromatic N) is 2. The highest BCUT2D eigenvalue weighted by Gasteiger charge is 2.17. The first-order valence-electron chi connectivity index (χ1n) is 9.66. The molecule has 0 unspecified atom stereocenters. The molecule has 0 spiro atoms. The molecule has 0 saturated carbocycles. The van der Waals surface area contributed by atoms with Gasteiger partial charge >= 0.3 is 5.69 Å². The van der Waals surface area contributed by atoms with Crippen LogP contribution in [0.4, 0.5) is 5.69 Å². The van der Waals surface area contributed by atoms with Crippen LogP contribution in [-0.4, -0.2) is 22.2 Å². The monoisotopic (exact) mass is 435 g/mol. The topological polar surface area (TPSA) is 82.3 Å². The molecule has 0 aliphatic carbocycles. The van der Waals surface area contributed by atoms with Crippen molar-refractivity contribution in [2.45, 2.75) is 20.0 Å². The quantitative estimate of drug-likeness (QED) is 0.504. The Labute approximate surface area is 182 Å². The fraction of sp³-hybridized carbons (Fsp3) is 0.174. The van der Waals surface area contributed by atoms with Gasteiger partial charge in [0.1, 0.15) is 17.0 Å². The standard InChI is InChI=1S/C23H21N3O4S/c1-15-3-7-17(8-4-15)24-20(27)14-25-19-11-12-31-21(19)22(28)26(23(25)29)13-16-5-9-18(30-2)10-6-16/h3-12H,13-14H2,1-2H3,(H,24,27). The number of thiophene rings is 1. The van der Waals surface area contributed by atoms with Gasteiger partial charge in [-0.25, -0.2) is 4.79 Å². The molecule has 7 nitrogen and oxygen atoms in total. The molecule has 4 aromatic rings. The summed E-state index contributed by atoms with van der Waals surface area (Å²) in [4.78, 5) is 38.8. The van der Waals surface area contributed by atoms with Crippen molar-refractivity contribution >= 4 is 33.1 Å². The average Bonchev–Trinajstić information content (AvgIpc) is 3.26. The molecule has 0 aliphatic heterocycles. The maximum Gasteiger partial charge on any atom is 0.332 e. The maximum absolute atomic E-state index is 13.2. The smallest absolute Gasteiger partial charge is 0.332 e. The molecule has 8 heteroatoms. The number of ether oxygens (including phenoxy) is 1. The fourth-order valence-electron chi connectivity index (χ4n) is 3.32. The number of rotatable bonds is 6. The van der Waals surface area contributed by atoms with Gasteiger partial charge < -0.3 is 10.1 Å². The number of hydrogen-bond donors (Lipinski definition) is 1. The molecule has 2 aromatic heterocycles. The highest BCUT2D eigenvalue weighted by atomic mass is 32.1. The number of carbonyl (C=O) groups is 1. The lowest BCUT2D eigenvalue weighted by atomic mass is 10.2. The molecule has 2 aromatic carbocycles. The van der Waals surface area contributed by atoms with Gasteiger partial charge in [0.15, 0.2) is 0 Å². The van der Waals surface area contributed by atoms with Crippen LogP contribution >= 0.6 is 11.3 Å². The SMILES string of the molecule is COc1ccc(Cn2c(=O)c3sccc3n(CC(=O)Nc3ccc(C)cc3)c2=O)cc1. The van der Waals surface area contributed by atoms with Gasteiger partial charge in [0.05, 0.1) is 19.2 Å². The van der Waals surface area contributed by atoms with Crippen LogP contribution in [0.1, 0.15) is 11.1 Å². The Balaban J connectivity index is 1.68. The molecule has 0 atom stereocenters. The summed E-state index contributed by atoms with van der Waals surface area (Å²) in [5.74, 6) is 0.350. The van der Waals surface area contributed by atoms with E-state index >= 15 is 0 Å². The van der Waals surface area contributed by atoms with Crippen molar-refractivity contribution in [2.24, 2.45) is 0 Å². The zero-order valence-corrected chi connectivity index (χ0v) is 17.9. The number of fused-ring (bicyclic) bond motifs is 1. The first-order chi connectivity index (χ1) is 15.0. The summed E-state index contributed by atoms with van der Waals surface area (Å²) in [5.41, 5.74) is 2.10. The molecule has 0 saturated heterocycles. The lowest BCUT2D eigenvalue weighted by Gasteiger charge is -2.13. The van der Waals surface area contributed by atoms with Gasteiger partial charge in [0.25, 0.3) is 5.56 Å². The van der Waals surface area contributed by atoms with E-state index in [1.807, 2.05) is 19.1 Å². The number of aromatic nitrogens is 2. The molecule has 4 rings (SSSR count). The number of methoxy groups -OCH3 is 1. The minimum absolute atomic E-state index is 0.106. The third-order valence-corrected chi connectivity index (χ3v) is 5.86. The largest absolute Gasteiger partial charge is 0.497 e. The maximum atomic E-state index is 13.2. The van der Waals surface area contributed by atoms with Crippen molar-refractivity contribution in [1.82, 2.24) is 9.13 Å². The van der Waals surface area contributed by atoms with E-state index in [1.165, 1.54) is 20.5 Å². The molecular formula is C23H21N3O4S. The number of amides is 1. The number of carbonyl (C=O) groups excluding carboxylic acids is 1. The predicted octanol–water partition coefficient (Wildman–Crippen LogP) is 3.23. The first-order valence-corrected chi connectivity index (χ1v) is 10.5. The molecule has 0 aliphatic rings. The molecule has 0 radical (unpaired) electrons. The lowest BCUT2D eigenvalue weighted by molar-refractivity contribution is -0.116. The van der Waals surface area contributed by atoms with Crippen molar-refractivity contribution in [3.05, 3.63) is 91.9 Å². The van der Waals surface area contributed by atoms with Crippen molar-refractivity contribution in [3.63, 3.8) is 0 Å². The second-order valence-electron chi connectivity index (χ2n) is 7.16. The van der Waals surface area contributed by atoms with Gasteiger partial charge in [-0.1, -0.05) is 29.8 Å². The fourth-order valence-corrected chi connectivity index (χ4v) is 4.16. The Morgan fingerprint density at radius 3 is 2.39 bits per heavy atom. The molecule has 0 fully saturated rings. The van der Waals surface area contributed by atoms with E-state index in [0.717, 1.165) is 11.1 Å². The molecule has 31 heavy (non-hydrogen) atoms. The number of anilines is 1. The molecule has 2 heterocycles. The van der Waals surface area contributed by atoms with Crippen LogP contribution in [0.5, 0.6) is 5.75 Å². The van der Waals surface area contributed by atoms with E-state index in [2.05, 4.69) is 5.32 Å². The van der Waals surface area contributed by atoms with Gasteiger partial charge in [-0.2, -0.15) is 0 Å². The molecule has 158 valence electrons. The van der Waals surface area contributed by atoms with Gasteiger partial charge in [0, 0.05) is 5.69 Å². The Kier molecular flexibility index (Phi) is 5.73. The molecule has 1 amide bonds. The van der Waals surface area contributed by atoms with Crippen LogP contribution in [0.25, 0.3) is 10.2 Å². The van der Waals surface area contributed by atoms with Gasteiger partial charge in [0.2, 0.25) is 5.91 Å². The van der Waals surface area contributed by atoms with E-state index in [-0.39, 0.29) is 24.6 Å². The molecular weight excluding hydrogens is 414 g/mol. The van der Waals surface area contributed by atoms with Crippen molar-refractivity contribution in [2.75, 3.05) is 12.4 Å². The van der Waals surface area contributed by atoms with E-state index in [1.54, 1.807) is 55.0 Å². The predicted molar refractivity (Wildman–Crippen MR) is 122 cm³/mol. The van der Waals surface area contributed by atoms with Gasteiger partial charge in [-0.15, -0.1) is 11.3 Å².